The van der Waals surface area contributed by atoms with Crippen molar-refractivity contribution in [2.75, 3.05) is 6.54 Å². The van der Waals surface area contributed by atoms with Gasteiger partial charge in [0.2, 0.25) is 0 Å². The second-order valence-corrected chi connectivity index (χ2v) is 6.93. The lowest BCUT2D eigenvalue weighted by Crippen LogP contribution is -2.37. The molecule has 6 nitrogen and oxygen atoms in total. The lowest BCUT2D eigenvalue weighted by atomic mass is 10.1. The third-order valence-electron chi connectivity index (χ3n) is 4.27. The third kappa shape index (κ3) is 5.06. The highest BCUT2D eigenvalue weighted by atomic mass is 15.2. The first kappa shape index (κ1) is 18.9. The molecule has 0 aliphatic heterocycles. The van der Waals surface area contributed by atoms with Crippen molar-refractivity contribution in [2.45, 2.75) is 40.4 Å². The number of rotatable bonds is 7. The van der Waals surface area contributed by atoms with E-state index in [0.717, 1.165) is 35.8 Å². The largest absolute Gasteiger partial charge is 0.357 e. The minimum absolute atomic E-state index is 0.583. The molecule has 6 heteroatoms. The average Bonchev–Trinajstić information content (AvgIpc) is 3.10. The van der Waals surface area contributed by atoms with Crippen molar-refractivity contribution in [3.8, 4) is 0 Å². The van der Waals surface area contributed by atoms with E-state index in [1.807, 2.05) is 42.9 Å². The minimum Gasteiger partial charge on any atom is -0.357 e. The molecular weight excluding hydrogens is 336 g/mol. The maximum atomic E-state index is 4.75. The Labute approximate surface area is 160 Å². The topological polar surface area (TPSA) is 67.1 Å². The molecule has 0 aliphatic carbocycles. The van der Waals surface area contributed by atoms with Gasteiger partial charge in [-0.25, -0.2) is 9.98 Å². The summed E-state index contributed by atoms with van der Waals surface area (Å²) in [5, 5.41) is 7.85. The first-order chi connectivity index (χ1) is 13.2. The molecular formula is C21H28N6. The summed E-state index contributed by atoms with van der Waals surface area (Å²) < 4.78 is 2.19. The molecule has 142 valence electrons. The number of para-hydroxylation sites is 1. The predicted molar refractivity (Wildman–Crippen MR) is 110 cm³/mol. The minimum atomic E-state index is 0.583. The predicted octanol–water partition coefficient (Wildman–Crippen LogP) is 3.34. The quantitative estimate of drug-likeness (QED) is 0.498. The van der Waals surface area contributed by atoms with Gasteiger partial charge in [-0.3, -0.25) is 4.98 Å². The van der Waals surface area contributed by atoms with Gasteiger partial charge in [0.1, 0.15) is 5.82 Å². The van der Waals surface area contributed by atoms with Gasteiger partial charge in [-0.05, 0) is 30.5 Å². The van der Waals surface area contributed by atoms with Gasteiger partial charge in [-0.15, -0.1) is 0 Å². The van der Waals surface area contributed by atoms with Crippen molar-refractivity contribution in [3.05, 3.63) is 60.3 Å². The summed E-state index contributed by atoms with van der Waals surface area (Å²) in [5.41, 5.74) is 2.16. The second-order valence-electron chi connectivity index (χ2n) is 6.93. The molecule has 1 aromatic carbocycles. The number of imidazole rings is 1. The van der Waals surface area contributed by atoms with E-state index in [0.29, 0.717) is 19.0 Å². The summed E-state index contributed by atoms with van der Waals surface area (Å²) in [6, 6.07) is 10.2. The van der Waals surface area contributed by atoms with Gasteiger partial charge in [-0.1, -0.05) is 32.0 Å². The van der Waals surface area contributed by atoms with Gasteiger partial charge in [0.15, 0.2) is 5.96 Å². The Balaban J connectivity index is 1.71. The molecule has 0 radical (unpaired) electrons. The van der Waals surface area contributed by atoms with Crippen molar-refractivity contribution < 1.29 is 0 Å². The van der Waals surface area contributed by atoms with Crippen LogP contribution >= 0.6 is 0 Å². The summed E-state index contributed by atoms with van der Waals surface area (Å²) in [7, 11) is 0. The molecule has 0 bridgehead atoms. The number of aromatic nitrogens is 3. The van der Waals surface area contributed by atoms with Gasteiger partial charge in [0.25, 0.3) is 0 Å². The zero-order valence-corrected chi connectivity index (χ0v) is 16.3. The number of benzene rings is 1. The van der Waals surface area contributed by atoms with Crippen LogP contribution in [0.5, 0.6) is 0 Å². The number of fused-ring (bicyclic) bond motifs is 1. The summed E-state index contributed by atoms with van der Waals surface area (Å²) in [6.07, 6.45) is 5.73. The van der Waals surface area contributed by atoms with E-state index in [1.165, 1.54) is 5.56 Å². The van der Waals surface area contributed by atoms with Crippen LogP contribution in [0.2, 0.25) is 0 Å². The van der Waals surface area contributed by atoms with E-state index < -0.39 is 0 Å². The molecule has 0 aliphatic rings. The zero-order valence-electron chi connectivity index (χ0n) is 16.3. The van der Waals surface area contributed by atoms with E-state index in [1.54, 1.807) is 0 Å². The fourth-order valence-corrected chi connectivity index (χ4v) is 3.03. The van der Waals surface area contributed by atoms with E-state index >= 15 is 0 Å². The summed E-state index contributed by atoms with van der Waals surface area (Å²) in [4.78, 5) is 13.6. The lowest BCUT2D eigenvalue weighted by Gasteiger charge is -2.14. The van der Waals surface area contributed by atoms with Crippen LogP contribution in [0.15, 0.2) is 53.9 Å². The van der Waals surface area contributed by atoms with E-state index in [4.69, 9.17) is 4.99 Å². The Morgan fingerprint density at radius 2 is 1.96 bits per heavy atom. The maximum absolute atomic E-state index is 4.75. The number of aliphatic imine (C=N–C) groups is 1. The number of nitrogens with zero attached hydrogens (tertiary/aromatic N) is 4. The van der Waals surface area contributed by atoms with E-state index in [2.05, 4.69) is 52.0 Å². The fraction of sp³-hybridized carbons (Fsp3) is 0.381. The molecule has 0 saturated carbocycles. The second kappa shape index (κ2) is 9.16. The van der Waals surface area contributed by atoms with Crippen molar-refractivity contribution in [3.63, 3.8) is 0 Å². The molecule has 2 heterocycles. The molecule has 0 saturated heterocycles. The van der Waals surface area contributed by atoms with Crippen LogP contribution in [0, 0.1) is 5.92 Å². The smallest absolute Gasteiger partial charge is 0.191 e. The Hall–Kier alpha value is -2.89. The van der Waals surface area contributed by atoms with Crippen LogP contribution in [-0.2, 0) is 19.6 Å². The monoisotopic (exact) mass is 364 g/mol. The first-order valence-electron chi connectivity index (χ1n) is 9.52. The Morgan fingerprint density at radius 3 is 2.78 bits per heavy atom. The number of guanidine groups is 1. The Morgan fingerprint density at radius 1 is 1.11 bits per heavy atom. The molecule has 0 fully saturated rings. The Kier molecular flexibility index (Phi) is 6.41. The zero-order chi connectivity index (χ0) is 19.1. The van der Waals surface area contributed by atoms with Crippen molar-refractivity contribution in [1.29, 1.82) is 0 Å². The third-order valence-corrected chi connectivity index (χ3v) is 4.27. The highest BCUT2D eigenvalue weighted by Gasteiger charge is 2.06. The molecule has 2 N–H and O–H groups in total. The highest BCUT2D eigenvalue weighted by Crippen LogP contribution is 2.16. The van der Waals surface area contributed by atoms with Crippen molar-refractivity contribution in [1.82, 2.24) is 25.2 Å². The average molecular weight is 364 g/mol. The summed E-state index contributed by atoms with van der Waals surface area (Å²) in [5.74, 6) is 2.39. The Bertz CT molecular complexity index is 891. The van der Waals surface area contributed by atoms with E-state index in [9.17, 15) is 0 Å². The van der Waals surface area contributed by atoms with Gasteiger partial charge >= 0.3 is 0 Å². The number of hydrogen-bond acceptors (Lipinski definition) is 3. The molecule has 0 spiro atoms. The molecule has 0 unspecified atom stereocenters. The SMILES string of the molecule is CCNC(=NCc1ccnc2ccccc12)NCc1nccn1CC(C)C. The van der Waals surface area contributed by atoms with Crippen LogP contribution < -0.4 is 10.6 Å². The van der Waals surface area contributed by atoms with Gasteiger partial charge < -0.3 is 15.2 Å². The van der Waals surface area contributed by atoms with Gasteiger partial charge in [0.05, 0.1) is 18.6 Å². The molecule has 3 rings (SSSR count). The number of hydrogen-bond donors (Lipinski definition) is 2. The highest BCUT2D eigenvalue weighted by molar-refractivity contribution is 5.83. The maximum Gasteiger partial charge on any atom is 0.191 e. The molecule has 2 aromatic heterocycles. The normalized spacial score (nSPS) is 11.9. The van der Waals surface area contributed by atoms with Gasteiger partial charge in [0, 0.05) is 37.1 Å². The molecule has 0 amide bonds. The summed E-state index contributed by atoms with van der Waals surface area (Å²) in [6.45, 7) is 9.50. The number of pyridine rings is 1. The lowest BCUT2D eigenvalue weighted by molar-refractivity contribution is 0.503. The fourth-order valence-electron chi connectivity index (χ4n) is 3.03. The van der Waals surface area contributed by atoms with E-state index in [-0.39, 0.29) is 0 Å². The van der Waals surface area contributed by atoms with Crippen LogP contribution in [0.3, 0.4) is 0 Å². The van der Waals surface area contributed by atoms with Crippen LogP contribution in [-0.4, -0.2) is 27.0 Å². The molecule has 3 aromatic rings. The molecule has 0 atom stereocenters. The van der Waals surface area contributed by atoms with Crippen LogP contribution in [0.4, 0.5) is 0 Å². The summed E-state index contributed by atoms with van der Waals surface area (Å²) >= 11 is 0. The van der Waals surface area contributed by atoms with Gasteiger partial charge in [-0.2, -0.15) is 0 Å². The molecule has 27 heavy (non-hydrogen) atoms. The van der Waals surface area contributed by atoms with Crippen molar-refractivity contribution >= 4 is 16.9 Å². The van der Waals surface area contributed by atoms with Crippen LogP contribution in [0.25, 0.3) is 10.9 Å². The first-order valence-corrected chi connectivity index (χ1v) is 9.52. The van der Waals surface area contributed by atoms with Crippen molar-refractivity contribution in [2.24, 2.45) is 10.9 Å². The number of nitrogens with one attached hydrogen (secondary N) is 2. The standard InChI is InChI=1S/C21H28N6/c1-4-22-21(26-14-20-24-11-12-27(20)15-16(2)3)25-13-17-9-10-23-19-8-6-5-7-18(17)19/h5-12,16H,4,13-15H2,1-3H3,(H2,22,25,26). The van der Waals surface area contributed by atoms with Crippen LogP contribution in [0.1, 0.15) is 32.2 Å².